The van der Waals surface area contributed by atoms with E-state index in [0.717, 1.165) is 56.8 Å². The molecular formula is C20H26N2O2. The molecule has 1 fully saturated rings. The lowest BCUT2D eigenvalue weighted by molar-refractivity contribution is -0.138. The lowest BCUT2D eigenvalue weighted by atomic mass is 9.79. The number of aliphatic imine (C=N–C) groups is 1. The van der Waals surface area contributed by atoms with Gasteiger partial charge in [-0.1, -0.05) is 19.9 Å². The summed E-state index contributed by atoms with van der Waals surface area (Å²) in [5, 5.41) is 0. The van der Waals surface area contributed by atoms with Gasteiger partial charge in [-0.2, -0.15) is 0 Å². The topological polar surface area (TPSA) is 41.9 Å². The number of rotatable bonds is 3. The van der Waals surface area contributed by atoms with E-state index in [-0.39, 0.29) is 12.0 Å². The molecule has 0 aliphatic carbocycles. The van der Waals surface area contributed by atoms with Gasteiger partial charge in [-0.05, 0) is 48.4 Å². The van der Waals surface area contributed by atoms with Gasteiger partial charge in [0.25, 0.3) is 0 Å². The Morgan fingerprint density at radius 3 is 3.08 bits per heavy atom. The highest BCUT2D eigenvalue weighted by Gasteiger charge is 2.42. The smallest absolute Gasteiger partial charge is 0.231 e. The van der Waals surface area contributed by atoms with E-state index in [2.05, 4.69) is 41.9 Å². The van der Waals surface area contributed by atoms with Crippen molar-refractivity contribution >= 4 is 11.6 Å². The van der Waals surface area contributed by atoms with Gasteiger partial charge >= 0.3 is 0 Å². The number of fused-ring (bicyclic) bond motifs is 4. The van der Waals surface area contributed by atoms with E-state index < -0.39 is 0 Å². The third-order valence-electron chi connectivity index (χ3n) is 5.41. The Morgan fingerprint density at radius 2 is 2.25 bits per heavy atom. The van der Waals surface area contributed by atoms with Crippen LogP contribution in [0, 0.1) is 11.8 Å². The monoisotopic (exact) mass is 326 g/mol. The number of amides is 1. The summed E-state index contributed by atoms with van der Waals surface area (Å²) >= 11 is 0. The molecule has 0 radical (unpaired) electrons. The lowest BCUT2D eigenvalue weighted by Gasteiger charge is -2.44. The molecular weight excluding hydrogens is 300 g/mol. The maximum atomic E-state index is 12.9. The quantitative estimate of drug-likeness (QED) is 0.854. The van der Waals surface area contributed by atoms with E-state index in [4.69, 9.17) is 4.74 Å². The van der Waals surface area contributed by atoms with Gasteiger partial charge in [0.15, 0.2) is 0 Å². The normalized spacial score (nSPS) is 25.7. The number of piperidine rings is 1. The molecule has 1 aromatic carbocycles. The van der Waals surface area contributed by atoms with E-state index in [1.165, 1.54) is 11.1 Å². The van der Waals surface area contributed by atoms with Crippen molar-refractivity contribution in [3.8, 4) is 5.75 Å². The highest BCUT2D eigenvalue weighted by atomic mass is 16.5. The third kappa shape index (κ3) is 2.72. The molecule has 0 spiro atoms. The van der Waals surface area contributed by atoms with E-state index in [0.29, 0.717) is 11.8 Å². The second-order valence-corrected chi connectivity index (χ2v) is 7.63. The fraction of sp³-hybridized carbons (Fsp3) is 0.600. The first-order valence-electron chi connectivity index (χ1n) is 9.23. The Labute approximate surface area is 143 Å². The van der Waals surface area contributed by atoms with Gasteiger partial charge in [-0.15, -0.1) is 0 Å². The maximum absolute atomic E-state index is 12.9. The van der Waals surface area contributed by atoms with Gasteiger partial charge in [0, 0.05) is 25.2 Å². The summed E-state index contributed by atoms with van der Waals surface area (Å²) in [5.41, 5.74) is 3.76. The Kier molecular flexibility index (Phi) is 4.07. The summed E-state index contributed by atoms with van der Waals surface area (Å²) in [5.74, 6) is 1.83. The number of benzene rings is 1. The van der Waals surface area contributed by atoms with Crippen LogP contribution in [0.25, 0.3) is 0 Å². The molecule has 24 heavy (non-hydrogen) atoms. The van der Waals surface area contributed by atoms with Gasteiger partial charge in [-0.25, -0.2) is 0 Å². The molecule has 1 aromatic rings. The SMILES string of the molecule is CC(C)COc1ccc2c(c1)CCN1C(=O)C3CCCN=C3CC21. The Morgan fingerprint density at radius 1 is 1.38 bits per heavy atom. The van der Waals surface area contributed by atoms with E-state index in [1.807, 2.05) is 0 Å². The van der Waals surface area contributed by atoms with Gasteiger partial charge in [0.05, 0.1) is 18.6 Å². The molecule has 128 valence electrons. The zero-order valence-electron chi connectivity index (χ0n) is 14.6. The predicted octanol–water partition coefficient (Wildman–Crippen LogP) is 3.40. The van der Waals surface area contributed by atoms with E-state index >= 15 is 0 Å². The largest absolute Gasteiger partial charge is 0.493 e. The predicted molar refractivity (Wildman–Crippen MR) is 94.6 cm³/mol. The van der Waals surface area contributed by atoms with Crippen molar-refractivity contribution in [2.24, 2.45) is 16.8 Å². The minimum Gasteiger partial charge on any atom is -0.493 e. The number of hydrogen-bond acceptors (Lipinski definition) is 3. The molecule has 2 unspecified atom stereocenters. The van der Waals surface area contributed by atoms with Crippen molar-refractivity contribution in [1.82, 2.24) is 4.90 Å². The van der Waals surface area contributed by atoms with Gasteiger partial charge in [0.2, 0.25) is 5.91 Å². The second-order valence-electron chi connectivity index (χ2n) is 7.63. The molecule has 0 N–H and O–H groups in total. The molecule has 4 nitrogen and oxygen atoms in total. The summed E-state index contributed by atoms with van der Waals surface area (Å²) in [4.78, 5) is 19.6. The lowest BCUT2D eigenvalue weighted by Crippen LogP contribution is -2.51. The van der Waals surface area contributed by atoms with Crippen molar-refractivity contribution in [1.29, 1.82) is 0 Å². The van der Waals surface area contributed by atoms with Crippen LogP contribution in [0.4, 0.5) is 0 Å². The molecule has 0 aromatic heterocycles. The van der Waals surface area contributed by atoms with Crippen LogP contribution in [-0.2, 0) is 11.2 Å². The van der Waals surface area contributed by atoms with E-state index in [1.54, 1.807) is 0 Å². The molecule has 4 heteroatoms. The zero-order valence-corrected chi connectivity index (χ0v) is 14.6. The molecule has 3 heterocycles. The zero-order chi connectivity index (χ0) is 16.7. The molecule has 1 amide bonds. The number of hydrogen-bond donors (Lipinski definition) is 0. The first-order valence-corrected chi connectivity index (χ1v) is 9.23. The van der Waals surface area contributed by atoms with Crippen LogP contribution in [-0.4, -0.2) is 36.2 Å². The van der Waals surface area contributed by atoms with Gasteiger partial charge in [0.1, 0.15) is 5.75 Å². The summed E-state index contributed by atoms with van der Waals surface area (Å²) in [6, 6.07) is 6.57. The molecule has 4 rings (SSSR count). The summed E-state index contributed by atoms with van der Waals surface area (Å²) < 4.78 is 5.87. The fourth-order valence-corrected chi connectivity index (χ4v) is 4.19. The number of nitrogens with zero attached hydrogens (tertiary/aromatic N) is 2. The van der Waals surface area contributed by atoms with Crippen LogP contribution in [0.1, 0.15) is 50.3 Å². The molecule has 1 saturated heterocycles. The minimum absolute atomic E-state index is 0.0604. The number of carbonyl (C=O) groups is 1. The van der Waals surface area contributed by atoms with Crippen molar-refractivity contribution in [2.75, 3.05) is 19.7 Å². The van der Waals surface area contributed by atoms with Gasteiger partial charge < -0.3 is 9.64 Å². The van der Waals surface area contributed by atoms with E-state index in [9.17, 15) is 4.79 Å². The second kappa shape index (κ2) is 6.23. The van der Waals surface area contributed by atoms with Crippen LogP contribution in [0.15, 0.2) is 23.2 Å². The van der Waals surface area contributed by atoms with Crippen molar-refractivity contribution in [3.63, 3.8) is 0 Å². The summed E-state index contributed by atoms with van der Waals surface area (Å²) in [6.07, 6.45) is 3.87. The Hall–Kier alpha value is -1.84. The fourth-order valence-electron chi connectivity index (χ4n) is 4.19. The highest BCUT2D eigenvalue weighted by Crippen LogP contribution is 2.40. The van der Waals surface area contributed by atoms with Crippen LogP contribution in [0.2, 0.25) is 0 Å². The first kappa shape index (κ1) is 15.7. The number of carbonyl (C=O) groups excluding carboxylic acids is 1. The van der Waals surface area contributed by atoms with Crippen LogP contribution in [0.5, 0.6) is 5.75 Å². The molecule has 2 atom stereocenters. The molecule has 3 aliphatic heterocycles. The van der Waals surface area contributed by atoms with Crippen molar-refractivity contribution < 1.29 is 9.53 Å². The molecule has 3 aliphatic rings. The number of ether oxygens (including phenoxy) is 1. The average molecular weight is 326 g/mol. The van der Waals surface area contributed by atoms with Gasteiger partial charge in [-0.3, -0.25) is 9.79 Å². The van der Waals surface area contributed by atoms with Crippen LogP contribution in [0.3, 0.4) is 0 Å². The average Bonchev–Trinajstić information content (AvgIpc) is 2.60. The van der Waals surface area contributed by atoms with Crippen molar-refractivity contribution in [2.45, 2.75) is 45.6 Å². The Bertz CT molecular complexity index is 680. The minimum atomic E-state index is 0.0604. The highest BCUT2D eigenvalue weighted by molar-refractivity contribution is 6.07. The molecule has 0 bridgehead atoms. The van der Waals surface area contributed by atoms with Crippen LogP contribution >= 0.6 is 0 Å². The summed E-state index contributed by atoms with van der Waals surface area (Å²) in [7, 11) is 0. The third-order valence-corrected chi connectivity index (χ3v) is 5.41. The summed E-state index contributed by atoms with van der Waals surface area (Å²) in [6.45, 7) is 6.77. The first-order chi connectivity index (χ1) is 11.6. The van der Waals surface area contributed by atoms with Crippen LogP contribution < -0.4 is 4.74 Å². The molecule has 0 saturated carbocycles. The maximum Gasteiger partial charge on any atom is 0.231 e. The Balaban J connectivity index is 1.61. The standard InChI is InChI=1S/C20H26N2O2/c1-13(2)12-24-15-5-6-16-14(10-15)7-9-22-19(16)11-18-17(20(22)23)4-3-8-21-18/h5-6,10,13,17,19H,3-4,7-9,11-12H2,1-2H3. The van der Waals surface area contributed by atoms with Crippen molar-refractivity contribution in [3.05, 3.63) is 29.3 Å².